The van der Waals surface area contributed by atoms with Crippen molar-refractivity contribution >= 4 is 11.9 Å². The van der Waals surface area contributed by atoms with Gasteiger partial charge < -0.3 is 9.84 Å². The van der Waals surface area contributed by atoms with Crippen molar-refractivity contribution in [2.24, 2.45) is 0 Å². The summed E-state index contributed by atoms with van der Waals surface area (Å²) >= 11 is 0. The van der Waals surface area contributed by atoms with Crippen LogP contribution in [0.3, 0.4) is 0 Å². The normalized spacial score (nSPS) is 12.5. The van der Waals surface area contributed by atoms with E-state index in [0.29, 0.717) is 0 Å². The molecule has 0 spiro atoms. The summed E-state index contributed by atoms with van der Waals surface area (Å²) in [5.74, 6) is -1.68. The van der Waals surface area contributed by atoms with E-state index in [9.17, 15) is 9.59 Å². The third kappa shape index (κ3) is 11.8. The molecule has 0 aliphatic carbocycles. The monoisotopic (exact) mass is 284 g/mol. The first-order valence-corrected chi connectivity index (χ1v) is 7.71. The van der Waals surface area contributed by atoms with Crippen LogP contribution in [-0.2, 0) is 14.3 Å². The molecule has 0 aromatic carbocycles. The molecule has 1 atom stereocenters. The lowest BCUT2D eigenvalue weighted by Crippen LogP contribution is -2.17. The van der Waals surface area contributed by atoms with E-state index in [1.54, 1.807) is 0 Å². The van der Waals surface area contributed by atoms with Gasteiger partial charge in [-0.1, -0.05) is 46.0 Å². The molecule has 0 rings (SSSR count). The fourth-order valence-corrected chi connectivity index (χ4v) is 2.03. The molecular weight excluding hydrogens is 256 g/mol. The summed E-state index contributed by atoms with van der Waals surface area (Å²) < 4.78 is 5.34. The van der Waals surface area contributed by atoms with Crippen molar-refractivity contribution in [3.63, 3.8) is 0 Å². The largest absolute Gasteiger partial charge is 0.478 e. The van der Waals surface area contributed by atoms with Crippen LogP contribution in [0.2, 0.25) is 0 Å². The Labute approximate surface area is 122 Å². The van der Waals surface area contributed by atoms with E-state index in [2.05, 4.69) is 13.8 Å². The molecule has 116 valence electrons. The molecule has 0 radical (unpaired) electrons. The number of hydrogen-bond acceptors (Lipinski definition) is 3. The van der Waals surface area contributed by atoms with Crippen LogP contribution in [0.4, 0.5) is 0 Å². The summed E-state index contributed by atoms with van der Waals surface area (Å²) in [7, 11) is 0. The summed E-state index contributed by atoms with van der Waals surface area (Å²) in [4.78, 5) is 21.9. The predicted molar refractivity (Wildman–Crippen MR) is 79.6 cm³/mol. The van der Waals surface area contributed by atoms with Gasteiger partial charge in [-0.25, -0.2) is 9.59 Å². The van der Waals surface area contributed by atoms with Gasteiger partial charge in [0.05, 0.1) is 0 Å². The maximum absolute atomic E-state index is 11.5. The summed E-state index contributed by atoms with van der Waals surface area (Å²) in [5.41, 5.74) is 0. The van der Waals surface area contributed by atoms with Gasteiger partial charge in [0.2, 0.25) is 0 Å². The number of esters is 1. The number of ether oxygens (including phenoxy) is 1. The lowest BCUT2D eigenvalue weighted by atomic mass is 10.0. The molecule has 1 unspecified atom stereocenters. The Morgan fingerprint density at radius 2 is 1.50 bits per heavy atom. The molecule has 20 heavy (non-hydrogen) atoms. The molecule has 0 amide bonds. The average molecular weight is 284 g/mol. The van der Waals surface area contributed by atoms with Crippen LogP contribution < -0.4 is 0 Å². The van der Waals surface area contributed by atoms with Crippen molar-refractivity contribution in [2.45, 2.75) is 77.7 Å². The summed E-state index contributed by atoms with van der Waals surface area (Å²) in [6.45, 7) is 4.30. The van der Waals surface area contributed by atoms with Crippen molar-refractivity contribution in [2.75, 3.05) is 0 Å². The number of aliphatic carboxylic acids is 1. The average Bonchev–Trinajstić information content (AvgIpc) is 2.41. The van der Waals surface area contributed by atoms with E-state index in [1.807, 2.05) is 0 Å². The second kappa shape index (κ2) is 12.7. The molecule has 1 N–H and O–H groups in total. The lowest BCUT2D eigenvalue weighted by molar-refractivity contribution is -0.144. The van der Waals surface area contributed by atoms with Gasteiger partial charge in [-0.3, -0.25) is 0 Å². The van der Waals surface area contributed by atoms with Crippen LogP contribution in [0.5, 0.6) is 0 Å². The van der Waals surface area contributed by atoms with E-state index < -0.39 is 11.9 Å². The molecule has 0 aliphatic rings. The molecule has 0 saturated heterocycles. The predicted octanol–water partition coefficient (Wildman–Crippen LogP) is 4.09. The first-order chi connectivity index (χ1) is 9.60. The number of rotatable bonds is 12. The minimum atomic E-state index is -1.13. The zero-order valence-corrected chi connectivity index (χ0v) is 12.8. The molecule has 0 aromatic rings. The molecule has 0 heterocycles. The van der Waals surface area contributed by atoms with Gasteiger partial charge in [-0.2, -0.15) is 0 Å². The number of carboxylic acids is 1. The fraction of sp³-hybridized carbons (Fsp3) is 0.750. The van der Waals surface area contributed by atoms with Crippen LogP contribution in [0.1, 0.15) is 71.6 Å². The molecule has 4 nitrogen and oxygen atoms in total. The van der Waals surface area contributed by atoms with Crippen LogP contribution in [-0.4, -0.2) is 23.1 Å². The van der Waals surface area contributed by atoms with Crippen LogP contribution >= 0.6 is 0 Å². The molecule has 0 aliphatic heterocycles. The summed E-state index contributed by atoms with van der Waals surface area (Å²) in [5, 5.41) is 8.48. The van der Waals surface area contributed by atoms with Gasteiger partial charge in [0.15, 0.2) is 0 Å². The van der Waals surface area contributed by atoms with Crippen LogP contribution in [0.15, 0.2) is 12.2 Å². The third-order valence-electron chi connectivity index (χ3n) is 3.15. The first kappa shape index (κ1) is 18.7. The van der Waals surface area contributed by atoms with Gasteiger partial charge >= 0.3 is 11.9 Å². The summed E-state index contributed by atoms with van der Waals surface area (Å²) in [6, 6.07) is 0. The Kier molecular flexibility index (Phi) is 11.9. The highest BCUT2D eigenvalue weighted by Crippen LogP contribution is 2.15. The highest BCUT2D eigenvalue weighted by molar-refractivity contribution is 5.90. The Hall–Kier alpha value is -1.32. The van der Waals surface area contributed by atoms with Crippen molar-refractivity contribution < 1.29 is 19.4 Å². The summed E-state index contributed by atoms with van der Waals surface area (Å²) in [6.07, 6.45) is 11.4. The quantitative estimate of drug-likeness (QED) is 0.333. The molecule has 0 aromatic heterocycles. The highest BCUT2D eigenvalue weighted by Gasteiger charge is 2.12. The van der Waals surface area contributed by atoms with Gasteiger partial charge in [0, 0.05) is 12.2 Å². The highest BCUT2D eigenvalue weighted by atomic mass is 16.5. The number of hydrogen-bond donors (Lipinski definition) is 1. The smallest absolute Gasteiger partial charge is 0.331 e. The van der Waals surface area contributed by atoms with E-state index in [0.717, 1.165) is 57.1 Å². The third-order valence-corrected chi connectivity index (χ3v) is 3.15. The van der Waals surface area contributed by atoms with E-state index in [4.69, 9.17) is 9.84 Å². The van der Waals surface area contributed by atoms with Crippen molar-refractivity contribution in [3.8, 4) is 0 Å². The van der Waals surface area contributed by atoms with E-state index in [-0.39, 0.29) is 6.10 Å². The van der Waals surface area contributed by atoms with Crippen LogP contribution in [0, 0.1) is 0 Å². The number of carbonyl (C=O) groups is 2. The van der Waals surface area contributed by atoms with Crippen molar-refractivity contribution in [1.29, 1.82) is 0 Å². The first-order valence-electron chi connectivity index (χ1n) is 7.71. The minimum Gasteiger partial charge on any atom is -0.478 e. The zero-order valence-electron chi connectivity index (χ0n) is 12.8. The molecule has 0 fully saturated rings. The van der Waals surface area contributed by atoms with Gasteiger partial charge in [-0.15, -0.1) is 0 Å². The van der Waals surface area contributed by atoms with Crippen molar-refractivity contribution in [1.82, 2.24) is 0 Å². The lowest BCUT2D eigenvalue weighted by Gasteiger charge is -2.16. The zero-order chi connectivity index (χ0) is 15.2. The molecule has 4 heteroatoms. The Morgan fingerprint density at radius 1 is 0.950 bits per heavy atom. The second-order valence-corrected chi connectivity index (χ2v) is 5.08. The number of unbranched alkanes of at least 4 members (excludes halogenated alkanes) is 5. The Balaban J connectivity index is 4.13. The number of carbonyl (C=O) groups excluding carboxylic acids is 1. The van der Waals surface area contributed by atoms with Gasteiger partial charge in [-0.05, 0) is 25.7 Å². The Bertz CT molecular complexity index is 297. The Morgan fingerprint density at radius 3 is 2.05 bits per heavy atom. The molecular formula is C16H28O4. The van der Waals surface area contributed by atoms with Gasteiger partial charge in [0.25, 0.3) is 0 Å². The minimum absolute atomic E-state index is 0.0793. The van der Waals surface area contributed by atoms with E-state index in [1.165, 1.54) is 12.8 Å². The standard InChI is InChI=1S/C16H28O4/c1-3-5-7-9-11-14(10-8-6-4-2)20-16(19)13-12-15(17)18/h12-14H,3-11H2,1-2H3,(H,17,18). The van der Waals surface area contributed by atoms with Crippen molar-refractivity contribution in [3.05, 3.63) is 12.2 Å². The fourth-order valence-electron chi connectivity index (χ4n) is 2.03. The van der Waals surface area contributed by atoms with Crippen LogP contribution in [0.25, 0.3) is 0 Å². The topological polar surface area (TPSA) is 63.6 Å². The molecule has 0 bridgehead atoms. The van der Waals surface area contributed by atoms with E-state index >= 15 is 0 Å². The maximum Gasteiger partial charge on any atom is 0.331 e. The molecule has 0 saturated carbocycles. The number of carboxylic acid groups (broad SMARTS) is 1. The maximum atomic E-state index is 11.5. The van der Waals surface area contributed by atoms with Gasteiger partial charge in [0.1, 0.15) is 6.10 Å². The second-order valence-electron chi connectivity index (χ2n) is 5.08. The SMILES string of the molecule is CCCCCCC(CCCCC)OC(=O)C=CC(=O)O.